The summed E-state index contributed by atoms with van der Waals surface area (Å²) in [6.45, 7) is 3.16. The van der Waals surface area contributed by atoms with Crippen LogP contribution >= 0.6 is 0 Å². The molecule has 104 valence electrons. The molecule has 4 heteroatoms. The molecule has 0 aliphatic heterocycles. The lowest BCUT2D eigenvalue weighted by molar-refractivity contribution is 0.429. The number of nitrogens with one attached hydrogen (secondary N) is 1. The predicted octanol–water partition coefficient (Wildman–Crippen LogP) is 2.56. The van der Waals surface area contributed by atoms with E-state index in [0.29, 0.717) is 6.04 Å². The highest BCUT2D eigenvalue weighted by Gasteiger charge is 2.10. The molecule has 2 aromatic heterocycles. The maximum absolute atomic E-state index is 5.39. The van der Waals surface area contributed by atoms with Gasteiger partial charge in [-0.15, -0.1) is 0 Å². The van der Waals surface area contributed by atoms with Crippen LogP contribution in [-0.2, 0) is 19.9 Å². The predicted molar refractivity (Wildman–Crippen MR) is 76.0 cm³/mol. The van der Waals surface area contributed by atoms with E-state index in [-0.39, 0.29) is 0 Å². The first-order valence-corrected chi connectivity index (χ1v) is 7.01. The van der Waals surface area contributed by atoms with Gasteiger partial charge in [-0.25, -0.2) is 4.98 Å². The van der Waals surface area contributed by atoms with Crippen LogP contribution in [0.1, 0.15) is 31.4 Å². The van der Waals surface area contributed by atoms with Gasteiger partial charge in [0.25, 0.3) is 0 Å². The summed E-state index contributed by atoms with van der Waals surface area (Å²) in [5, 5.41) is 3.55. The highest BCUT2D eigenvalue weighted by Crippen LogP contribution is 2.10. The van der Waals surface area contributed by atoms with E-state index in [0.717, 1.165) is 43.8 Å². The summed E-state index contributed by atoms with van der Waals surface area (Å²) in [7, 11) is 2.05. The van der Waals surface area contributed by atoms with Crippen molar-refractivity contribution >= 4 is 0 Å². The molecule has 19 heavy (non-hydrogen) atoms. The second-order valence-corrected chi connectivity index (χ2v) is 4.87. The molecular formula is C15H23N3O. The fourth-order valence-corrected chi connectivity index (χ4v) is 2.35. The maximum atomic E-state index is 5.39. The van der Waals surface area contributed by atoms with E-state index < -0.39 is 0 Å². The maximum Gasteiger partial charge on any atom is 0.108 e. The molecule has 1 atom stereocenters. The number of imidazole rings is 1. The molecule has 2 heterocycles. The van der Waals surface area contributed by atoms with Gasteiger partial charge < -0.3 is 14.3 Å². The van der Waals surface area contributed by atoms with Crippen LogP contribution in [0.4, 0.5) is 0 Å². The van der Waals surface area contributed by atoms with E-state index in [2.05, 4.69) is 21.8 Å². The zero-order valence-electron chi connectivity index (χ0n) is 11.8. The van der Waals surface area contributed by atoms with Crippen molar-refractivity contribution in [3.63, 3.8) is 0 Å². The van der Waals surface area contributed by atoms with Crippen molar-refractivity contribution in [2.45, 2.75) is 38.6 Å². The van der Waals surface area contributed by atoms with Crippen LogP contribution in [-0.4, -0.2) is 22.1 Å². The van der Waals surface area contributed by atoms with Crippen LogP contribution in [0.2, 0.25) is 0 Å². The van der Waals surface area contributed by atoms with E-state index in [1.807, 2.05) is 31.6 Å². The largest absolute Gasteiger partial charge is 0.469 e. The number of aryl methyl sites for hydroxylation is 3. The van der Waals surface area contributed by atoms with Crippen LogP contribution in [0, 0.1) is 0 Å². The second-order valence-electron chi connectivity index (χ2n) is 4.87. The van der Waals surface area contributed by atoms with Crippen LogP contribution in [0.5, 0.6) is 0 Å². The van der Waals surface area contributed by atoms with Gasteiger partial charge in [0, 0.05) is 38.3 Å². The SMILES string of the molecule is CCNC(CCc1ccco1)CCc1nccn1C. The fraction of sp³-hybridized carbons (Fsp3) is 0.533. The van der Waals surface area contributed by atoms with Gasteiger partial charge in [-0.3, -0.25) is 0 Å². The lowest BCUT2D eigenvalue weighted by Crippen LogP contribution is -2.30. The lowest BCUT2D eigenvalue weighted by atomic mass is 10.0. The molecule has 0 fully saturated rings. The molecule has 4 nitrogen and oxygen atoms in total. The van der Waals surface area contributed by atoms with Gasteiger partial charge in [0.15, 0.2) is 0 Å². The summed E-state index contributed by atoms with van der Waals surface area (Å²) in [5.74, 6) is 2.22. The number of aromatic nitrogens is 2. The van der Waals surface area contributed by atoms with Crippen molar-refractivity contribution in [3.05, 3.63) is 42.4 Å². The quantitative estimate of drug-likeness (QED) is 0.794. The van der Waals surface area contributed by atoms with Crippen LogP contribution in [0.3, 0.4) is 0 Å². The molecular weight excluding hydrogens is 238 g/mol. The molecule has 2 aromatic rings. The highest BCUT2D eigenvalue weighted by atomic mass is 16.3. The summed E-state index contributed by atoms with van der Waals surface area (Å²) in [5.41, 5.74) is 0. The Morgan fingerprint density at radius 2 is 2.21 bits per heavy atom. The van der Waals surface area contributed by atoms with Crippen molar-refractivity contribution in [2.24, 2.45) is 7.05 Å². The van der Waals surface area contributed by atoms with Crippen molar-refractivity contribution in [3.8, 4) is 0 Å². The first kappa shape index (κ1) is 13.9. The minimum atomic E-state index is 0.520. The molecule has 2 rings (SSSR count). The molecule has 0 bridgehead atoms. The number of furan rings is 1. The van der Waals surface area contributed by atoms with Crippen molar-refractivity contribution < 1.29 is 4.42 Å². The summed E-state index contributed by atoms with van der Waals surface area (Å²) < 4.78 is 7.48. The molecule has 1 N–H and O–H groups in total. The molecule has 0 aliphatic carbocycles. The van der Waals surface area contributed by atoms with Gasteiger partial charge in [0.05, 0.1) is 6.26 Å². The molecule has 1 unspecified atom stereocenters. The minimum absolute atomic E-state index is 0.520. The summed E-state index contributed by atoms with van der Waals surface area (Å²) in [6, 6.07) is 4.51. The summed E-state index contributed by atoms with van der Waals surface area (Å²) >= 11 is 0. The number of nitrogens with zero attached hydrogens (tertiary/aromatic N) is 2. The Hall–Kier alpha value is -1.55. The standard InChI is InChI=1S/C15H23N3O/c1-3-16-13(6-8-14-5-4-12-19-14)7-9-15-17-10-11-18(15)2/h4-5,10-13,16H,3,6-9H2,1-2H3. The van der Waals surface area contributed by atoms with E-state index >= 15 is 0 Å². The van der Waals surface area contributed by atoms with Crippen LogP contribution in [0.25, 0.3) is 0 Å². The van der Waals surface area contributed by atoms with Gasteiger partial charge >= 0.3 is 0 Å². The average Bonchev–Trinajstić information content (AvgIpc) is 3.04. The Morgan fingerprint density at radius 1 is 1.37 bits per heavy atom. The summed E-state index contributed by atoms with van der Waals surface area (Å²) in [4.78, 5) is 4.37. The van der Waals surface area contributed by atoms with Gasteiger partial charge in [0.1, 0.15) is 11.6 Å². The summed E-state index contributed by atoms with van der Waals surface area (Å²) in [6.07, 6.45) is 9.82. The third-order valence-corrected chi connectivity index (χ3v) is 3.45. The fourth-order valence-electron chi connectivity index (χ4n) is 2.35. The molecule has 0 aliphatic rings. The number of hydrogen-bond acceptors (Lipinski definition) is 3. The Labute approximate surface area is 114 Å². The van der Waals surface area contributed by atoms with Crippen molar-refractivity contribution in [1.82, 2.24) is 14.9 Å². The minimum Gasteiger partial charge on any atom is -0.469 e. The first-order chi connectivity index (χ1) is 9.29. The molecule has 0 amide bonds. The topological polar surface area (TPSA) is 43.0 Å². The zero-order valence-corrected chi connectivity index (χ0v) is 11.8. The van der Waals surface area contributed by atoms with E-state index in [1.165, 1.54) is 0 Å². The van der Waals surface area contributed by atoms with Crippen molar-refractivity contribution in [1.29, 1.82) is 0 Å². The molecule has 0 saturated heterocycles. The lowest BCUT2D eigenvalue weighted by Gasteiger charge is -2.17. The molecule has 0 radical (unpaired) electrons. The zero-order chi connectivity index (χ0) is 13.5. The Morgan fingerprint density at radius 3 is 2.84 bits per heavy atom. The Balaban J connectivity index is 1.80. The smallest absolute Gasteiger partial charge is 0.108 e. The monoisotopic (exact) mass is 261 g/mol. The third kappa shape index (κ3) is 4.24. The van der Waals surface area contributed by atoms with E-state index in [9.17, 15) is 0 Å². The third-order valence-electron chi connectivity index (χ3n) is 3.45. The highest BCUT2D eigenvalue weighted by molar-refractivity contribution is 4.99. The number of rotatable bonds is 8. The molecule has 0 saturated carbocycles. The van der Waals surface area contributed by atoms with Crippen LogP contribution < -0.4 is 5.32 Å². The molecule has 0 spiro atoms. The van der Waals surface area contributed by atoms with Gasteiger partial charge in [-0.2, -0.15) is 0 Å². The van der Waals surface area contributed by atoms with Gasteiger partial charge in [-0.1, -0.05) is 6.92 Å². The Kier molecular flexibility index (Phi) is 5.21. The van der Waals surface area contributed by atoms with Gasteiger partial charge in [0.2, 0.25) is 0 Å². The normalized spacial score (nSPS) is 12.7. The second kappa shape index (κ2) is 7.14. The van der Waals surface area contributed by atoms with Crippen LogP contribution in [0.15, 0.2) is 35.2 Å². The van der Waals surface area contributed by atoms with E-state index in [4.69, 9.17) is 4.42 Å². The van der Waals surface area contributed by atoms with E-state index in [1.54, 1.807) is 6.26 Å². The molecule has 0 aromatic carbocycles. The van der Waals surface area contributed by atoms with Gasteiger partial charge in [-0.05, 0) is 31.5 Å². The number of hydrogen-bond donors (Lipinski definition) is 1. The average molecular weight is 261 g/mol. The Bertz CT molecular complexity index is 461. The first-order valence-electron chi connectivity index (χ1n) is 7.01. The van der Waals surface area contributed by atoms with Crippen molar-refractivity contribution in [2.75, 3.05) is 6.54 Å².